The largest absolute Gasteiger partial charge is 0.343 e. The molecule has 0 aromatic heterocycles. The van der Waals surface area contributed by atoms with Gasteiger partial charge in [-0.05, 0) is 25.0 Å². The molecular formula is C18H22N2. The van der Waals surface area contributed by atoms with Crippen molar-refractivity contribution in [2.75, 3.05) is 7.05 Å². The Morgan fingerprint density at radius 2 is 1.90 bits per heavy atom. The van der Waals surface area contributed by atoms with Crippen LogP contribution in [0, 0.1) is 0 Å². The van der Waals surface area contributed by atoms with Crippen LogP contribution in [0.15, 0.2) is 59.9 Å². The molecule has 0 amide bonds. The molecule has 0 fully saturated rings. The van der Waals surface area contributed by atoms with E-state index in [1.165, 1.54) is 11.1 Å². The van der Waals surface area contributed by atoms with Gasteiger partial charge in [-0.1, -0.05) is 44.3 Å². The van der Waals surface area contributed by atoms with Gasteiger partial charge in [0.1, 0.15) is 0 Å². The Balaban J connectivity index is 2.59. The van der Waals surface area contributed by atoms with Crippen LogP contribution in [-0.2, 0) is 0 Å². The summed E-state index contributed by atoms with van der Waals surface area (Å²) in [6, 6.07) is 8.39. The van der Waals surface area contributed by atoms with E-state index in [-0.39, 0.29) is 5.92 Å². The molecule has 1 heterocycles. The summed E-state index contributed by atoms with van der Waals surface area (Å²) in [6.45, 7) is 14.7. The van der Waals surface area contributed by atoms with Crippen molar-refractivity contribution in [2.45, 2.75) is 26.7 Å². The first kappa shape index (κ1) is 14.3. The van der Waals surface area contributed by atoms with Crippen LogP contribution in [0.1, 0.15) is 37.8 Å². The molecule has 0 radical (unpaired) electrons. The smallest absolute Gasteiger partial charge is 0.0626 e. The predicted octanol–water partition coefficient (Wildman–Crippen LogP) is 4.58. The van der Waals surface area contributed by atoms with Crippen molar-refractivity contribution in [3.05, 3.63) is 66.0 Å². The van der Waals surface area contributed by atoms with Gasteiger partial charge >= 0.3 is 0 Å². The molecule has 2 heteroatoms. The Morgan fingerprint density at radius 1 is 1.25 bits per heavy atom. The minimum Gasteiger partial charge on any atom is -0.343 e. The van der Waals surface area contributed by atoms with Gasteiger partial charge in [0.2, 0.25) is 0 Å². The third kappa shape index (κ3) is 2.46. The average Bonchev–Trinajstić information content (AvgIpc) is 2.50. The Labute approximate surface area is 121 Å². The highest BCUT2D eigenvalue weighted by Crippen LogP contribution is 2.39. The van der Waals surface area contributed by atoms with Gasteiger partial charge in [0.25, 0.3) is 0 Å². The van der Waals surface area contributed by atoms with Gasteiger partial charge in [0, 0.05) is 29.9 Å². The van der Waals surface area contributed by atoms with Crippen LogP contribution >= 0.6 is 0 Å². The first-order valence-electron chi connectivity index (χ1n) is 6.85. The highest BCUT2D eigenvalue weighted by atomic mass is 15.1. The lowest BCUT2D eigenvalue weighted by Crippen LogP contribution is -2.15. The molecule has 2 nitrogen and oxygen atoms in total. The average molecular weight is 266 g/mol. The van der Waals surface area contributed by atoms with Crippen molar-refractivity contribution in [1.82, 2.24) is 4.90 Å². The fourth-order valence-corrected chi connectivity index (χ4v) is 2.45. The van der Waals surface area contributed by atoms with Crippen LogP contribution in [0.2, 0.25) is 0 Å². The molecule has 0 N–H and O–H groups in total. The molecule has 0 aliphatic carbocycles. The molecule has 1 aliphatic heterocycles. The van der Waals surface area contributed by atoms with E-state index in [0.717, 1.165) is 22.7 Å². The Morgan fingerprint density at radius 3 is 2.55 bits per heavy atom. The number of aliphatic imine (C=N–C) groups is 1. The van der Waals surface area contributed by atoms with E-state index in [1.54, 1.807) is 0 Å². The van der Waals surface area contributed by atoms with Crippen LogP contribution in [0.3, 0.4) is 0 Å². The van der Waals surface area contributed by atoms with Gasteiger partial charge < -0.3 is 4.90 Å². The van der Waals surface area contributed by atoms with E-state index < -0.39 is 0 Å². The molecule has 1 unspecified atom stereocenters. The zero-order valence-corrected chi connectivity index (χ0v) is 12.8. The van der Waals surface area contributed by atoms with Gasteiger partial charge in [-0.3, -0.25) is 4.99 Å². The highest BCUT2D eigenvalue weighted by Gasteiger charge is 2.26. The Hall–Kier alpha value is -2.09. The van der Waals surface area contributed by atoms with Crippen LogP contribution < -0.4 is 0 Å². The number of nitrogens with zero attached hydrogens (tertiary/aromatic N) is 2. The molecule has 2 rings (SSSR count). The molecule has 0 saturated carbocycles. The lowest BCUT2D eigenvalue weighted by molar-refractivity contribution is 0.603. The molecule has 104 valence electrons. The SMILES string of the molecule is C=C1/C(=C\N=C(C)C)N(C)C(=C)c2ccccc2C1C. The fourth-order valence-electron chi connectivity index (χ4n) is 2.45. The van der Waals surface area contributed by atoms with Crippen molar-refractivity contribution < 1.29 is 0 Å². The van der Waals surface area contributed by atoms with E-state index in [0.29, 0.717) is 0 Å². The topological polar surface area (TPSA) is 15.6 Å². The molecule has 1 atom stereocenters. The van der Waals surface area contributed by atoms with Gasteiger partial charge in [-0.2, -0.15) is 0 Å². The lowest BCUT2D eigenvalue weighted by atomic mass is 9.90. The molecular weight excluding hydrogens is 244 g/mol. The number of allylic oxidation sites excluding steroid dienone is 1. The lowest BCUT2D eigenvalue weighted by Gasteiger charge is -2.23. The van der Waals surface area contributed by atoms with Crippen molar-refractivity contribution in [1.29, 1.82) is 0 Å². The maximum atomic E-state index is 4.43. The summed E-state index contributed by atoms with van der Waals surface area (Å²) in [5, 5.41) is 0. The predicted molar refractivity (Wildman–Crippen MR) is 87.7 cm³/mol. The number of benzene rings is 1. The molecule has 0 spiro atoms. The second kappa shape index (κ2) is 5.49. The summed E-state index contributed by atoms with van der Waals surface area (Å²) in [7, 11) is 2.02. The second-order valence-corrected chi connectivity index (χ2v) is 5.43. The summed E-state index contributed by atoms with van der Waals surface area (Å²) >= 11 is 0. The first-order chi connectivity index (χ1) is 9.43. The van der Waals surface area contributed by atoms with E-state index in [9.17, 15) is 0 Å². The zero-order valence-electron chi connectivity index (χ0n) is 12.8. The number of fused-ring (bicyclic) bond motifs is 1. The molecule has 20 heavy (non-hydrogen) atoms. The molecule has 1 aromatic rings. The van der Waals surface area contributed by atoms with Crippen LogP contribution in [0.5, 0.6) is 0 Å². The minimum absolute atomic E-state index is 0.256. The van der Waals surface area contributed by atoms with Crippen molar-refractivity contribution in [2.24, 2.45) is 4.99 Å². The quantitative estimate of drug-likeness (QED) is 0.679. The van der Waals surface area contributed by atoms with Crippen LogP contribution in [-0.4, -0.2) is 17.7 Å². The summed E-state index contributed by atoms with van der Waals surface area (Å²) < 4.78 is 0. The monoisotopic (exact) mass is 266 g/mol. The van der Waals surface area contributed by atoms with Gasteiger partial charge in [0.05, 0.1) is 11.9 Å². The van der Waals surface area contributed by atoms with E-state index in [4.69, 9.17) is 0 Å². The number of likely N-dealkylation sites (N-methyl/N-ethyl adjacent to an activating group) is 1. The molecule has 0 saturated heterocycles. The fraction of sp³-hybridized carbons (Fsp3) is 0.278. The summed E-state index contributed by atoms with van der Waals surface area (Å²) in [5.74, 6) is 0.256. The number of rotatable bonds is 1. The van der Waals surface area contributed by atoms with Crippen molar-refractivity contribution in [3.8, 4) is 0 Å². The van der Waals surface area contributed by atoms with E-state index in [2.05, 4.69) is 54.2 Å². The second-order valence-electron chi connectivity index (χ2n) is 5.43. The molecule has 0 bridgehead atoms. The highest BCUT2D eigenvalue weighted by molar-refractivity contribution is 5.80. The van der Waals surface area contributed by atoms with E-state index >= 15 is 0 Å². The van der Waals surface area contributed by atoms with Crippen molar-refractivity contribution in [3.63, 3.8) is 0 Å². The summed E-state index contributed by atoms with van der Waals surface area (Å²) in [6.07, 6.45) is 1.89. The summed E-state index contributed by atoms with van der Waals surface area (Å²) in [5.41, 5.74) is 6.57. The molecule has 1 aromatic carbocycles. The maximum absolute atomic E-state index is 4.43. The normalized spacial score (nSPS) is 20.7. The third-order valence-corrected chi connectivity index (χ3v) is 3.80. The zero-order chi connectivity index (χ0) is 14.9. The van der Waals surface area contributed by atoms with Gasteiger partial charge in [0.15, 0.2) is 0 Å². The van der Waals surface area contributed by atoms with Crippen molar-refractivity contribution >= 4 is 11.4 Å². The third-order valence-electron chi connectivity index (χ3n) is 3.80. The maximum Gasteiger partial charge on any atom is 0.0626 e. The number of hydrogen-bond acceptors (Lipinski definition) is 2. The van der Waals surface area contributed by atoms with E-state index in [1.807, 2.05) is 27.1 Å². The minimum atomic E-state index is 0.256. The Bertz CT molecular complexity index is 616. The number of hydrogen-bond donors (Lipinski definition) is 0. The van der Waals surface area contributed by atoms with Gasteiger partial charge in [-0.15, -0.1) is 0 Å². The Kier molecular flexibility index (Phi) is 3.93. The van der Waals surface area contributed by atoms with Gasteiger partial charge in [-0.25, -0.2) is 0 Å². The molecule has 1 aliphatic rings. The summed E-state index contributed by atoms with van der Waals surface area (Å²) in [4.78, 5) is 6.51. The van der Waals surface area contributed by atoms with Crippen LogP contribution in [0.25, 0.3) is 5.70 Å². The first-order valence-corrected chi connectivity index (χ1v) is 6.85. The standard InChI is InChI=1S/C18H22N2/c1-12(2)19-11-18-14(4)13(3)16-9-7-8-10-17(16)15(5)20(18)6/h7-11,13H,4-5H2,1-3,6H3/b18-11+. The van der Waals surface area contributed by atoms with Crippen LogP contribution in [0.4, 0.5) is 0 Å².